The Hall–Kier alpha value is -0.630. The zero-order chi connectivity index (χ0) is 17.2. The number of alkyl halides is 3. The Labute approximate surface area is 148 Å². The number of hydrogen-bond donors (Lipinski definition) is 1. The standard InChI is InChI=1S/C17H22BrF3N2O/c18-15-2-1-13(17(19,20)21)11-14(15)16(12-3-9-24-10-4-12)23-7-5-22-6-8-23/h1-2,11-12,16,22H,3-10H2/t16-/m1/s1. The third-order valence-electron chi connectivity index (χ3n) is 4.90. The number of rotatable bonds is 3. The van der Waals surface area contributed by atoms with Crippen molar-refractivity contribution in [3.05, 3.63) is 33.8 Å². The molecule has 2 aliphatic rings. The van der Waals surface area contributed by atoms with E-state index in [1.165, 1.54) is 12.1 Å². The van der Waals surface area contributed by atoms with Gasteiger partial charge in [-0.1, -0.05) is 15.9 Å². The Bertz CT molecular complexity index is 537. The molecule has 7 heteroatoms. The predicted octanol–water partition coefficient (Wildman–Crippen LogP) is 3.84. The highest BCUT2D eigenvalue weighted by Crippen LogP contribution is 2.41. The number of halogens is 4. The first kappa shape index (κ1) is 18.2. The second-order valence-corrected chi connectivity index (χ2v) is 7.27. The third-order valence-corrected chi connectivity index (χ3v) is 5.62. The van der Waals surface area contributed by atoms with Gasteiger partial charge < -0.3 is 10.1 Å². The zero-order valence-electron chi connectivity index (χ0n) is 13.4. The minimum Gasteiger partial charge on any atom is -0.381 e. The van der Waals surface area contributed by atoms with Gasteiger partial charge in [0, 0.05) is 49.9 Å². The molecule has 0 amide bonds. The van der Waals surface area contributed by atoms with E-state index >= 15 is 0 Å². The number of ether oxygens (including phenoxy) is 1. The lowest BCUT2D eigenvalue weighted by Crippen LogP contribution is -2.47. The molecule has 0 bridgehead atoms. The molecule has 0 aromatic heterocycles. The second-order valence-electron chi connectivity index (χ2n) is 6.41. The first-order valence-corrected chi connectivity index (χ1v) is 9.15. The maximum absolute atomic E-state index is 13.2. The van der Waals surface area contributed by atoms with Gasteiger partial charge in [-0.05, 0) is 42.5 Å². The minimum atomic E-state index is -4.32. The van der Waals surface area contributed by atoms with E-state index in [1.807, 2.05) is 0 Å². The van der Waals surface area contributed by atoms with Gasteiger partial charge in [0.2, 0.25) is 0 Å². The summed E-state index contributed by atoms with van der Waals surface area (Å²) in [6.07, 6.45) is -2.55. The minimum absolute atomic E-state index is 0.00678. The van der Waals surface area contributed by atoms with Crippen molar-refractivity contribution in [2.45, 2.75) is 25.1 Å². The van der Waals surface area contributed by atoms with Crippen molar-refractivity contribution in [3.63, 3.8) is 0 Å². The monoisotopic (exact) mass is 406 g/mol. The fourth-order valence-electron chi connectivity index (χ4n) is 3.69. The molecule has 0 saturated carbocycles. The van der Waals surface area contributed by atoms with E-state index in [1.54, 1.807) is 0 Å². The molecule has 2 fully saturated rings. The molecule has 24 heavy (non-hydrogen) atoms. The van der Waals surface area contributed by atoms with Crippen LogP contribution in [0.1, 0.15) is 30.0 Å². The Kier molecular flexibility index (Phi) is 5.85. The number of nitrogens with zero attached hydrogens (tertiary/aromatic N) is 1. The molecule has 2 saturated heterocycles. The Morgan fingerprint density at radius 1 is 1.17 bits per heavy atom. The molecule has 2 aliphatic heterocycles. The zero-order valence-corrected chi connectivity index (χ0v) is 15.0. The maximum atomic E-state index is 13.2. The summed E-state index contributed by atoms with van der Waals surface area (Å²) in [5.41, 5.74) is 0.173. The molecular formula is C17H22BrF3N2O. The molecule has 0 unspecified atom stereocenters. The van der Waals surface area contributed by atoms with Gasteiger partial charge in [-0.15, -0.1) is 0 Å². The lowest BCUT2D eigenvalue weighted by atomic mass is 9.85. The van der Waals surface area contributed by atoms with Crippen LogP contribution in [0.3, 0.4) is 0 Å². The van der Waals surface area contributed by atoms with Crippen LogP contribution >= 0.6 is 15.9 Å². The van der Waals surface area contributed by atoms with Gasteiger partial charge >= 0.3 is 6.18 Å². The van der Waals surface area contributed by atoms with Gasteiger partial charge in [0.25, 0.3) is 0 Å². The van der Waals surface area contributed by atoms with Gasteiger partial charge in [0.1, 0.15) is 0 Å². The molecule has 1 aromatic rings. The molecule has 3 rings (SSSR count). The van der Waals surface area contributed by atoms with E-state index in [2.05, 4.69) is 26.1 Å². The van der Waals surface area contributed by atoms with Crippen LogP contribution in [-0.4, -0.2) is 44.3 Å². The van der Waals surface area contributed by atoms with Crippen LogP contribution in [-0.2, 0) is 10.9 Å². The third kappa shape index (κ3) is 4.12. The highest BCUT2D eigenvalue weighted by atomic mass is 79.9. The molecule has 0 aliphatic carbocycles. The quantitative estimate of drug-likeness (QED) is 0.824. The lowest BCUT2D eigenvalue weighted by Gasteiger charge is -2.41. The van der Waals surface area contributed by atoms with Crippen molar-refractivity contribution in [1.82, 2.24) is 10.2 Å². The van der Waals surface area contributed by atoms with Crippen molar-refractivity contribution in [2.75, 3.05) is 39.4 Å². The van der Waals surface area contributed by atoms with Crippen LogP contribution < -0.4 is 5.32 Å². The van der Waals surface area contributed by atoms with E-state index in [0.717, 1.165) is 55.1 Å². The summed E-state index contributed by atoms with van der Waals surface area (Å²) < 4.78 is 45.8. The SMILES string of the molecule is FC(F)(F)c1ccc(Br)c([C@@H](C2CCOCC2)N2CCNCC2)c1. The number of piperazine rings is 1. The summed E-state index contributed by atoms with van der Waals surface area (Å²) in [5, 5.41) is 3.32. The van der Waals surface area contributed by atoms with Gasteiger partial charge in [0.05, 0.1) is 5.56 Å². The van der Waals surface area contributed by atoms with Crippen molar-refractivity contribution < 1.29 is 17.9 Å². The second kappa shape index (κ2) is 7.72. The Morgan fingerprint density at radius 3 is 2.46 bits per heavy atom. The summed E-state index contributed by atoms with van der Waals surface area (Å²) in [5.74, 6) is 0.316. The van der Waals surface area contributed by atoms with Crippen LogP contribution in [0.25, 0.3) is 0 Å². The largest absolute Gasteiger partial charge is 0.416 e. The average molecular weight is 407 g/mol. The molecular weight excluding hydrogens is 385 g/mol. The smallest absolute Gasteiger partial charge is 0.381 e. The van der Waals surface area contributed by atoms with Crippen LogP contribution in [0.15, 0.2) is 22.7 Å². The van der Waals surface area contributed by atoms with Crippen molar-refractivity contribution in [3.8, 4) is 0 Å². The molecule has 1 atom stereocenters. The summed E-state index contributed by atoms with van der Waals surface area (Å²) in [6.45, 7) is 4.82. The van der Waals surface area contributed by atoms with Gasteiger partial charge in [0.15, 0.2) is 0 Å². The van der Waals surface area contributed by atoms with Gasteiger partial charge in [-0.2, -0.15) is 13.2 Å². The van der Waals surface area contributed by atoms with Gasteiger partial charge in [-0.3, -0.25) is 4.90 Å². The van der Waals surface area contributed by atoms with E-state index in [0.29, 0.717) is 19.1 Å². The summed E-state index contributed by atoms with van der Waals surface area (Å²) in [4.78, 5) is 2.33. The molecule has 1 N–H and O–H groups in total. The average Bonchev–Trinajstić information content (AvgIpc) is 2.58. The van der Waals surface area contributed by atoms with Crippen LogP contribution in [0.4, 0.5) is 13.2 Å². The van der Waals surface area contributed by atoms with E-state index < -0.39 is 11.7 Å². The first-order chi connectivity index (χ1) is 11.5. The summed E-state index contributed by atoms with van der Waals surface area (Å²) in [6, 6.07) is 4.00. The summed E-state index contributed by atoms with van der Waals surface area (Å²) >= 11 is 3.49. The Morgan fingerprint density at radius 2 is 1.83 bits per heavy atom. The fraction of sp³-hybridized carbons (Fsp3) is 0.647. The van der Waals surface area contributed by atoms with Crippen LogP contribution in [0.5, 0.6) is 0 Å². The molecule has 0 radical (unpaired) electrons. The number of benzene rings is 1. The molecule has 134 valence electrons. The number of nitrogens with one attached hydrogen (secondary N) is 1. The Balaban J connectivity index is 1.97. The topological polar surface area (TPSA) is 24.5 Å². The fourth-order valence-corrected chi connectivity index (χ4v) is 4.17. The highest BCUT2D eigenvalue weighted by molar-refractivity contribution is 9.10. The lowest BCUT2D eigenvalue weighted by molar-refractivity contribution is -0.137. The van der Waals surface area contributed by atoms with Gasteiger partial charge in [-0.25, -0.2) is 0 Å². The predicted molar refractivity (Wildman–Crippen MR) is 89.9 cm³/mol. The normalized spacial score (nSPS) is 22.5. The van der Waals surface area contributed by atoms with Crippen molar-refractivity contribution in [2.24, 2.45) is 5.92 Å². The molecule has 2 heterocycles. The van der Waals surface area contributed by atoms with Crippen molar-refractivity contribution >= 4 is 15.9 Å². The first-order valence-electron chi connectivity index (χ1n) is 8.36. The van der Waals surface area contributed by atoms with E-state index in [4.69, 9.17) is 4.74 Å². The molecule has 0 spiro atoms. The van der Waals surface area contributed by atoms with E-state index in [9.17, 15) is 13.2 Å². The van der Waals surface area contributed by atoms with Crippen LogP contribution in [0.2, 0.25) is 0 Å². The summed E-state index contributed by atoms with van der Waals surface area (Å²) in [7, 11) is 0. The maximum Gasteiger partial charge on any atom is 0.416 e. The van der Waals surface area contributed by atoms with Crippen molar-refractivity contribution in [1.29, 1.82) is 0 Å². The highest BCUT2D eigenvalue weighted by Gasteiger charge is 2.36. The number of hydrogen-bond acceptors (Lipinski definition) is 3. The molecule has 1 aromatic carbocycles. The molecule has 3 nitrogen and oxygen atoms in total. The van der Waals surface area contributed by atoms with E-state index in [-0.39, 0.29) is 6.04 Å². The van der Waals surface area contributed by atoms with Crippen LogP contribution in [0, 0.1) is 5.92 Å².